The predicted octanol–water partition coefficient (Wildman–Crippen LogP) is 3.17. The average molecular weight is 322 g/mol. The number of rotatable bonds is 6. The van der Waals surface area contributed by atoms with Gasteiger partial charge < -0.3 is 9.47 Å². The zero-order valence-electron chi connectivity index (χ0n) is 12.6. The van der Waals surface area contributed by atoms with Crippen molar-refractivity contribution in [1.82, 2.24) is 0 Å². The van der Waals surface area contributed by atoms with Crippen molar-refractivity contribution < 1.29 is 22.1 Å². The second-order valence-corrected chi connectivity index (χ2v) is 6.22. The van der Waals surface area contributed by atoms with E-state index in [4.69, 9.17) is 13.7 Å². The van der Waals surface area contributed by atoms with Gasteiger partial charge in [-0.15, -0.1) is 0 Å². The molecule has 0 bridgehead atoms. The van der Waals surface area contributed by atoms with Crippen molar-refractivity contribution in [2.45, 2.75) is 17.9 Å². The molecule has 0 spiro atoms. The predicted molar refractivity (Wildman–Crippen MR) is 82.7 cm³/mol. The molecule has 2 aromatic carbocycles. The standard InChI is InChI=1S/C16H18O5S/c1-12(13-9-14(19-2)11-15(10-13)20-3)21-22(17,18)16-7-5-4-6-8-16/h4-12H,1-3H3. The molecule has 0 N–H and O–H groups in total. The third kappa shape index (κ3) is 3.78. The summed E-state index contributed by atoms with van der Waals surface area (Å²) < 4.78 is 40.1. The third-order valence-corrected chi connectivity index (χ3v) is 4.54. The fraction of sp³-hybridized carbons (Fsp3) is 0.250. The molecular formula is C16H18O5S. The van der Waals surface area contributed by atoms with E-state index < -0.39 is 16.2 Å². The van der Waals surface area contributed by atoms with E-state index in [9.17, 15) is 8.42 Å². The molecule has 0 aliphatic rings. The lowest BCUT2D eigenvalue weighted by Gasteiger charge is -2.15. The van der Waals surface area contributed by atoms with Gasteiger partial charge in [0.2, 0.25) is 0 Å². The maximum Gasteiger partial charge on any atom is 0.297 e. The van der Waals surface area contributed by atoms with Crippen LogP contribution in [0.3, 0.4) is 0 Å². The van der Waals surface area contributed by atoms with Crippen molar-refractivity contribution in [3.63, 3.8) is 0 Å². The highest BCUT2D eigenvalue weighted by molar-refractivity contribution is 7.86. The van der Waals surface area contributed by atoms with E-state index >= 15 is 0 Å². The zero-order valence-corrected chi connectivity index (χ0v) is 13.5. The van der Waals surface area contributed by atoms with Gasteiger partial charge in [-0.2, -0.15) is 8.42 Å². The fourth-order valence-electron chi connectivity index (χ4n) is 1.95. The van der Waals surface area contributed by atoms with Crippen molar-refractivity contribution in [3.05, 3.63) is 54.1 Å². The lowest BCUT2D eigenvalue weighted by atomic mass is 10.1. The molecule has 2 rings (SSSR count). The van der Waals surface area contributed by atoms with Crippen molar-refractivity contribution in [1.29, 1.82) is 0 Å². The number of benzene rings is 2. The minimum absolute atomic E-state index is 0.122. The Morgan fingerprint density at radius 1 is 0.909 bits per heavy atom. The number of ether oxygens (including phenoxy) is 2. The zero-order chi connectivity index (χ0) is 16.2. The van der Waals surface area contributed by atoms with Crippen LogP contribution in [-0.2, 0) is 14.3 Å². The van der Waals surface area contributed by atoms with Crippen LogP contribution < -0.4 is 9.47 Å². The van der Waals surface area contributed by atoms with Gasteiger partial charge in [0.1, 0.15) is 11.5 Å². The summed E-state index contributed by atoms with van der Waals surface area (Å²) in [5.74, 6) is 1.14. The second-order valence-electron chi connectivity index (χ2n) is 4.65. The highest BCUT2D eigenvalue weighted by Gasteiger charge is 2.20. The summed E-state index contributed by atoms with van der Waals surface area (Å²) in [5, 5.41) is 0. The smallest absolute Gasteiger partial charge is 0.297 e. The van der Waals surface area contributed by atoms with Gasteiger partial charge >= 0.3 is 0 Å². The Bertz CT molecular complexity index is 703. The van der Waals surface area contributed by atoms with Crippen molar-refractivity contribution in [2.75, 3.05) is 14.2 Å². The molecule has 1 unspecified atom stereocenters. The van der Waals surface area contributed by atoms with Crippen LogP contribution in [0.5, 0.6) is 11.5 Å². The molecule has 0 saturated carbocycles. The summed E-state index contributed by atoms with van der Waals surface area (Å²) in [5.41, 5.74) is 0.649. The molecule has 0 saturated heterocycles. The van der Waals surface area contributed by atoms with Crippen LogP contribution in [0.15, 0.2) is 53.4 Å². The summed E-state index contributed by atoms with van der Waals surface area (Å²) in [6, 6.07) is 13.2. The highest BCUT2D eigenvalue weighted by Crippen LogP contribution is 2.30. The molecule has 118 valence electrons. The van der Waals surface area contributed by atoms with E-state index in [0.717, 1.165) is 0 Å². The van der Waals surface area contributed by atoms with Crippen molar-refractivity contribution >= 4 is 10.1 Å². The van der Waals surface area contributed by atoms with Gasteiger partial charge in [-0.3, -0.25) is 4.18 Å². The Kier molecular flexibility index (Phi) is 5.05. The molecule has 0 aromatic heterocycles. The molecule has 0 aliphatic carbocycles. The molecule has 0 amide bonds. The lowest BCUT2D eigenvalue weighted by molar-refractivity contribution is 0.233. The Morgan fingerprint density at radius 2 is 1.45 bits per heavy atom. The van der Waals surface area contributed by atoms with Gasteiger partial charge in [0.25, 0.3) is 10.1 Å². The molecule has 0 aliphatic heterocycles. The van der Waals surface area contributed by atoms with Crippen molar-refractivity contribution in [2.24, 2.45) is 0 Å². The van der Waals surface area contributed by atoms with E-state index in [2.05, 4.69) is 0 Å². The van der Waals surface area contributed by atoms with E-state index in [1.54, 1.807) is 43.3 Å². The largest absolute Gasteiger partial charge is 0.497 e. The van der Waals surface area contributed by atoms with Crippen molar-refractivity contribution in [3.8, 4) is 11.5 Å². The summed E-state index contributed by atoms with van der Waals surface area (Å²) in [7, 11) is -0.763. The molecule has 0 fully saturated rings. The van der Waals surface area contributed by atoms with Gasteiger partial charge in [-0.1, -0.05) is 18.2 Å². The third-order valence-electron chi connectivity index (χ3n) is 3.15. The minimum Gasteiger partial charge on any atom is -0.497 e. The number of hydrogen-bond acceptors (Lipinski definition) is 5. The van der Waals surface area contributed by atoms with E-state index in [1.807, 2.05) is 0 Å². The maximum atomic E-state index is 12.2. The first kappa shape index (κ1) is 16.3. The molecular weight excluding hydrogens is 304 g/mol. The summed E-state index contributed by atoms with van der Waals surface area (Å²) in [6.07, 6.45) is -0.672. The van der Waals surface area contributed by atoms with E-state index in [0.29, 0.717) is 17.1 Å². The lowest BCUT2D eigenvalue weighted by Crippen LogP contribution is -2.10. The Labute approximate surface area is 130 Å². The first-order chi connectivity index (χ1) is 10.5. The second kappa shape index (κ2) is 6.81. The molecule has 0 heterocycles. The number of methoxy groups -OCH3 is 2. The fourth-order valence-corrected chi connectivity index (χ4v) is 3.05. The quantitative estimate of drug-likeness (QED) is 0.764. The van der Waals surface area contributed by atoms with E-state index in [-0.39, 0.29) is 4.90 Å². The van der Waals surface area contributed by atoms with E-state index in [1.165, 1.54) is 26.4 Å². The minimum atomic E-state index is -3.83. The SMILES string of the molecule is COc1cc(OC)cc(C(C)OS(=O)(=O)c2ccccc2)c1. The van der Waals surface area contributed by atoms with Crippen LogP contribution in [0, 0.1) is 0 Å². The first-order valence-electron chi connectivity index (χ1n) is 6.67. The molecule has 5 nitrogen and oxygen atoms in total. The average Bonchev–Trinajstić information content (AvgIpc) is 2.54. The maximum absolute atomic E-state index is 12.2. The monoisotopic (exact) mass is 322 g/mol. The summed E-state index contributed by atoms with van der Waals surface area (Å²) in [4.78, 5) is 0.122. The normalized spacial score (nSPS) is 12.7. The topological polar surface area (TPSA) is 61.8 Å². The van der Waals surface area contributed by atoms with Crippen LogP contribution in [0.1, 0.15) is 18.6 Å². The Hall–Kier alpha value is -2.05. The molecule has 6 heteroatoms. The van der Waals surface area contributed by atoms with Crippen LogP contribution in [0.4, 0.5) is 0 Å². The molecule has 2 aromatic rings. The van der Waals surface area contributed by atoms with Crippen LogP contribution in [0.2, 0.25) is 0 Å². The first-order valence-corrected chi connectivity index (χ1v) is 8.08. The van der Waals surface area contributed by atoms with Gasteiger partial charge in [-0.05, 0) is 36.8 Å². The number of hydrogen-bond donors (Lipinski definition) is 0. The molecule has 22 heavy (non-hydrogen) atoms. The molecule has 0 radical (unpaired) electrons. The van der Waals surface area contributed by atoms with Gasteiger partial charge in [0, 0.05) is 6.07 Å². The highest BCUT2D eigenvalue weighted by atomic mass is 32.2. The Morgan fingerprint density at radius 3 is 1.95 bits per heavy atom. The van der Waals surface area contributed by atoms with Gasteiger partial charge in [-0.25, -0.2) is 0 Å². The van der Waals surface area contributed by atoms with Gasteiger partial charge in [0.15, 0.2) is 0 Å². The van der Waals surface area contributed by atoms with Crippen LogP contribution in [-0.4, -0.2) is 22.6 Å². The summed E-state index contributed by atoms with van der Waals surface area (Å²) in [6.45, 7) is 1.66. The van der Waals surface area contributed by atoms with Crippen LogP contribution in [0.25, 0.3) is 0 Å². The molecule has 1 atom stereocenters. The van der Waals surface area contributed by atoms with Gasteiger partial charge in [0.05, 0.1) is 25.2 Å². The summed E-state index contributed by atoms with van der Waals surface area (Å²) >= 11 is 0. The van der Waals surface area contributed by atoms with Crippen LogP contribution >= 0.6 is 0 Å². The Balaban J connectivity index is 2.27.